The van der Waals surface area contributed by atoms with Crippen LogP contribution in [0, 0.1) is 0 Å². The number of nitrogens with one attached hydrogen (secondary N) is 1. The Hall–Kier alpha value is -1.93. The number of benzene rings is 1. The van der Waals surface area contributed by atoms with Crippen LogP contribution in [-0.2, 0) is 6.18 Å². The third-order valence-corrected chi connectivity index (χ3v) is 3.72. The highest BCUT2D eigenvalue weighted by Crippen LogP contribution is 2.36. The predicted molar refractivity (Wildman–Crippen MR) is 74.9 cm³/mol. The van der Waals surface area contributed by atoms with Gasteiger partial charge in [-0.1, -0.05) is 23.5 Å². The average molecular weight is 331 g/mol. The van der Waals surface area contributed by atoms with Crippen molar-refractivity contribution >= 4 is 44.1 Å². The molecule has 0 fully saturated rings. The van der Waals surface area contributed by atoms with Gasteiger partial charge in [-0.25, -0.2) is 9.97 Å². The molecule has 21 heavy (non-hydrogen) atoms. The van der Waals surface area contributed by atoms with Crippen molar-refractivity contribution in [3.63, 3.8) is 0 Å². The molecule has 9 heteroatoms. The minimum absolute atomic E-state index is 0.272. The van der Waals surface area contributed by atoms with Crippen molar-refractivity contribution < 1.29 is 13.2 Å². The molecule has 0 aliphatic carbocycles. The number of fused-ring (bicyclic) bond motifs is 1. The van der Waals surface area contributed by atoms with Crippen LogP contribution in [0.25, 0.3) is 10.2 Å². The third-order valence-electron chi connectivity index (χ3n) is 2.58. The lowest BCUT2D eigenvalue weighted by Crippen LogP contribution is -2.11. The van der Waals surface area contributed by atoms with Gasteiger partial charge in [-0.05, 0) is 23.7 Å². The molecule has 0 aliphatic heterocycles. The van der Waals surface area contributed by atoms with E-state index in [2.05, 4.69) is 20.3 Å². The second kappa shape index (κ2) is 5.12. The summed E-state index contributed by atoms with van der Waals surface area (Å²) in [7, 11) is 0. The quantitative estimate of drug-likeness (QED) is 0.703. The molecule has 0 atom stereocenters. The summed E-state index contributed by atoms with van der Waals surface area (Å²) in [5.41, 5.74) is -0.301. The van der Waals surface area contributed by atoms with E-state index < -0.39 is 17.6 Å². The molecular weight excluding hydrogens is 325 g/mol. The molecule has 108 valence electrons. The van der Waals surface area contributed by atoms with Gasteiger partial charge in [0.05, 0.1) is 10.2 Å². The normalized spacial score (nSPS) is 11.8. The Balaban J connectivity index is 2.02. The van der Waals surface area contributed by atoms with Gasteiger partial charge in [-0.15, -0.1) is 0 Å². The van der Waals surface area contributed by atoms with Crippen LogP contribution in [0.1, 0.15) is 5.56 Å². The third kappa shape index (κ3) is 2.91. The van der Waals surface area contributed by atoms with Gasteiger partial charge in [0, 0.05) is 6.20 Å². The Kier molecular flexibility index (Phi) is 3.42. The number of para-hydroxylation sites is 1. The van der Waals surface area contributed by atoms with E-state index >= 15 is 0 Å². The summed E-state index contributed by atoms with van der Waals surface area (Å²) in [4.78, 5) is 11.2. The summed E-state index contributed by atoms with van der Waals surface area (Å²) in [5, 5.41) is 2.59. The maximum absolute atomic E-state index is 12.9. The molecule has 0 saturated carbocycles. The zero-order chi connectivity index (χ0) is 15.0. The van der Waals surface area contributed by atoms with Crippen LogP contribution in [0.2, 0.25) is 5.28 Å². The summed E-state index contributed by atoms with van der Waals surface area (Å²) in [5.74, 6) is -0.415. The number of thiazole rings is 1. The highest BCUT2D eigenvalue weighted by molar-refractivity contribution is 7.22. The van der Waals surface area contributed by atoms with Gasteiger partial charge in [0.15, 0.2) is 5.13 Å². The lowest BCUT2D eigenvalue weighted by molar-refractivity contribution is -0.137. The van der Waals surface area contributed by atoms with Crippen LogP contribution in [-0.4, -0.2) is 15.0 Å². The van der Waals surface area contributed by atoms with Gasteiger partial charge in [-0.2, -0.15) is 18.2 Å². The van der Waals surface area contributed by atoms with Crippen molar-refractivity contribution in [1.82, 2.24) is 15.0 Å². The molecule has 1 aromatic carbocycles. The number of anilines is 2. The van der Waals surface area contributed by atoms with E-state index in [4.69, 9.17) is 11.6 Å². The van der Waals surface area contributed by atoms with Crippen LogP contribution >= 0.6 is 22.9 Å². The molecular formula is C12H6ClF3N4S. The van der Waals surface area contributed by atoms with Crippen LogP contribution in [0.5, 0.6) is 0 Å². The zero-order valence-corrected chi connectivity index (χ0v) is 11.7. The molecule has 0 unspecified atom stereocenters. The number of hydrogen-bond acceptors (Lipinski definition) is 5. The Labute approximate surface area is 125 Å². The summed E-state index contributed by atoms with van der Waals surface area (Å²) in [6, 6.07) is 7.23. The van der Waals surface area contributed by atoms with E-state index in [1.165, 1.54) is 11.3 Å². The largest absolute Gasteiger partial charge is 0.421 e. The molecule has 0 aliphatic rings. The van der Waals surface area contributed by atoms with E-state index in [1.54, 1.807) is 12.1 Å². The van der Waals surface area contributed by atoms with Crippen LogP contribution < -0.4 is 5.32 Å². The van der Waals surface area contributed by atoms with Crippen molar-refractivity contribution in [2.45, 2.75) is 6.18 Å². The molecule has 4 nitrogen and oxygen atoms in total. The monoisotopic (exact) mass is 330 g/mol. The van der Waals surface area contributed by atoms with Crippen molar-refractivity contribution in [2.75, 3.05) is 5.32 Å². The molecule has 3 rings (SSSR count). The van der Waals surface area contributed by atoms with Crippen molar-refractivity contribution in [3.05, 3.63) is 41.3 Å². The van der Waals surface area contributed by atoms with Crippen LogP contribution in [0.3, 0.4) is 0 Å². The fourth-order valence-electron chi connectivity index (χ4n) is 1.69. The standard InChI is InChI=1S/C12H6ClF3N4S/c13-10-17-5-6(12(14,15)16)9(19-10)20-11-18-7-3-1-2-4-8(7)21-11/h1-5H,(H,17,18,19,20). The van der Waals surface area contributed by atoms with Crippen molar-refractivity contribution in [1.29, 1.82) is 0 Å². The first-order valence-electron chi connectivity index (χ1n) is 5.66. The Morgan fingerprint density at radius 2 is 1.90 bits per heavy atom. The molecule has 2 aromatic heterocycles. The smallest absolute Gasteiger partial charge is 0.316 e. The van der Waals surface area contributed by atoms with E-state index in [-0.39, 0.29) is 5.28 Å². The minimum Gasteiger partial charge on any atom is -0.316 e. The van der Waals surface area contributed by atoms with Gasteiger partial charge >= 0.3 is 6.18 Å². The summed E-state index contributed by atoms with van der Waals surface area (Å²) < 4.78 is 39.6. The first-order chi connectivity index (χ1) is 9.93. The Morgan fingerprint density at radius 3 is 2.62 bits per heavy atom. The fourth-order valence-corrected chi connectivity index (χ4v) is 2.69. The van der Waals surface area contributed by atoms with Gasteiger partial charge in [0.1, 0.15) is 11.4 Å². The second-order valence-corrected chi connectivity index (χ2v) is 5.38. The number of halogens is 4. The first kappa shape index (κ1) is 14.0. The van der Waals surface area contributed by atoms with E-state index in [1.807, 2.05) is 12.1 Å². The zero-order valence-electron chi connectivity index (χ0n) is 10.1. The first-order valence-corrected chi connectivity index (χ1v) is 6.85. The molecule has 2 heterocycles. The lowest BCUT2D eigenvalue weighted by atomic mass is 10.3. The van der Waals surface area contributed by atoms with Crippen molar-refractivity contribution in [2.24, 2.45) is 0 Å². The molecule has 0 bridgehead atoms. The topological polar surface area (TPSA) is 50.7 Å². The summed E-state index contributed by atoms with van der Waals surface area (Å²) in [6.45, 7) is 0. The number of hydrogen-bond donors (Lipinski definition) is 1. The number of nitrogens with zero attached hydrogens (tertiary/aromatic N) is 3. The molecule has 3 aromatic rings. The lowest BCUT2D eigenvalue weighted by Gasteiger charge is -2.11. The average Bonchev–Trinajstić information content (AvgIpc) is 2.79. The second-order valence-electron chi connectivity index (χ2n) is 4.01. The minimum atomic E-state index is -4.58. The molecule has 0 spiro atoms. The number of alkyl halides is 3. The Bertz CT molecular complexity index is 770. The van der Waals surface area contributed by atoms with E-state index in [0.717, 1.165) is 4.70 Å². The number of rotatable bonds is 2. The van der Waals surface area contributed by atoms with Crippen molar-refractivity contribution in [3.8, 4) is 0 Å². The van der Waals surface area contributed by atoms with Crippen LogP contribution in [0.15, 0.2) is 30.5 Å². The van der Waals surface area contributed by atoms with Crippen LogP contribution in [0.4, 0.5) is 24.1 Å². The predicted octanol–water partition coefficient (Wildman–Crippen LogP) is 4.50. The summed E-state index contributed by atoms with van der Waals surface area (Å²) >= 11 is 6.79. The highest BCUT2D eigenvalue weighted by atomic mass is 35.5. The molecule has 0 saturated heterocycles. The highest BCUT2D eigenvalue weighted by Gasteiger charge is 2.35. The van der Waals surface area contributed by atoms with Gasteiger partial charge in [-0.3, -0.25) is 0 Å². The van der Waals surface area contributed by atoms with Gasteiger partial charge in [0.25, 0.3) is 0 Å². The molecule has 1 N–H and O–H groups in total. The van der Waals surface area contributed by atoms with Gasteiger partial charge < -0.3 is 5.32 Å². The summed E-state index contributed by atoms with van der Waals surface area (Å²) in [6.07, 6.45) is -3.94. The maximum atomic E-state index is 12.9. The van der Waals surface area contributed by atoms with E-state index in [0.29, 0.717) is 16.8 Å². The van der Waals surface area contributed by atoms with E-state index in [9.17, 15) is 13.2 Å². The fraction of sp³-hybridized carbons (Fsp3) is 0.0833. The maximum Gasteiger partial charge on any atom is 0.421 e. The SMILES string of the molecule is FC(F)(F)c1cnc(Cl)nc1Nc1nc2ccccc2s1. The van der Waals surface area contributed by atoms with Gasteiger partial charge in [0.2, 0.25) is 5.28 Å². The molecule has 0 amide bonds. The Morgan fingerprint density at radius 1 is 1.14 bits per heavy atom. The molecule has 0 radical (unpaired) electrons. The number of aromatic nitrogens is 3.